The first-order valence-electron chi connectivity index (χ1n) is 10.9. The Bertz CT molecular complexity index is 977. The third-order valence-corrected chi connectivity index (χ3v) is 6.50. The van der Waals surface area contributed by atoms with Crippen LogP contribution in [0.3, 0.4) is 0 Å². The van der Waals surface area contributed by atoms with Crippen LogP contribution < -0.4 is 5.73 Å². The lowest BCUT2D eigenvalue weighted by Crippen LogP contribution is -2.54. The molecule has 1 unspecified atom stereocenters. The second-order valence-corrected chi connectivity index (χ2v) is 8.81. The highest BCUT2D eigenvalue weighted by Crippen LogP contribution is 2.40. The van der Waals surface area contributed by atoms with E-state index in [2.05, 4.69) is 0 Å². The van der Waals surface area contributed by atoms with Gasteiger partial charge >= 0.3 is 18.4 Å². The van der Waals surface area contributed by atoms with Crippen LogP contribution in [-0.2, 0) is 25.2 Å². The molecule has 1 heterocycles. The van der Waals surface area contributed by atoms with Crippen molar-refractivity contribution >= 4 is 6.09 Å². The molecule has 3 atom stereocenters. The maximum absolute atomic E-state index is 13.2. The number of alkyl halides is 6. The Morgan fingerprint density at radius 2 is 1.59 bits per heavy atom. The molecule has 186 valence electrons. The summed E-state index contributed by atoms with van der Waals surface area (Å²) in [6.45, 7) is 1.81. The number of hydrogen-bond acceptors (Lipinski definition) is 2. The van der Waals surface area contributed by atoms with E-state index in [0.29, 0.717) is 18.6 Å². The van der Waals surface area contributed by atoms with Crippen molar-refractivity contribution in [3.05, 3.63) is 70.8 Å². The zero-order valence-corrected chi connectivity index (χ0v) is 18.5. The lowest BCUT2D eigenvalue weighted by Gasteiger charge is -2.35. The largest absolute Gasteiger partial charge is 0.465 e. The fraction of sp³-hybridized carbons (Fsp3) is 0.458. The maximum Gasteiger partial charge on any atom is 0.416 e. The van der Waals surface area contributed by atoms with Crippen LogP contribution in [-0.4, -0.2) is 33.7 Å². The van der Waals surface area contributed by atoms with Crippen LogP contribution in [0.25, 0.3) is 0 Å². The van der Waals surface area contributed by atoms with Gasteiger partial charge in [-0.3, -0.25) is 0 Å². The molecule has 3 rings (SSSR count). The molecular weight excluding hydrogens is 462 g/mol. The second-order valence-electron chi connectivity index (χ2n) is 8.81. The second kappa shape index (κ2) is 9.48. The standard InChI is InChI=1S/C24H26F6N2O2/c1-2-19-14-22(31,20(32(19)21(33)34)12-15-6-4-3-5-7-15)9-8-16-10-17(23(25,26)27)13-18(11-16)24(28,29)30/h3-7,10-11,13,19-20H,2,8-9,12,14,31H2,1H3,(H,33,34)/t19-,20+,22?/m1/s1. The average molecular weight is 488 g/mol. The molecule has 3 N–H and O–H groups in total. The summed E-state index contributed by atoms with van der Waals surface area (Å²) in [5.74, 6) is 0. The third-order valence-electron chi connectivity index (χ3n) is 6.50. The molecule has 1 aliphatic rings. The Morgan fingerprint density at radius 1 is 1.03 bits per heavy atom. The molecule has 0 spiro atoms. The number of aryl methyl sites for hydroxylation is 1. The zero-order chi connectivity index (χ0) is 25.3. The number of carbonyl (C=O) groups is 1. The summed E-state index contributed by atoms with van der Waals surface area (Å²) in [5, 5.41) is 9.85. The highest BCUT2D eigenvalue weighted by atomic mass is 19.4. The molecule has 0 aromatic heterocycles. The van der Waals surface area contributed by atoms with Gasteiger partial charge in [0.2, 0.25) is 0 Å². The number of nitrogens with two attached hydrogens (primary N) is 1. The van der Waals surface area contributed by atoms with Crippen molar-refractivity contribution in [1.29, 1.82) is 0 Å². The van der Waals surface area contributed by atoms with Crippen molar-refractivity contribution in [2.24, 2.45) is 5.73 Å². The van der Waals surface area contributed by atoms with E-state index in [0.717, 1.165) is 5.56 Å². The van der Waals surface area contributed by atoms with Gasteiger partial charge in [0.15, 0.2) is 0 Å². The van der Waals surface area contributed by atoms with Gasteiger partial charge in [-0.2, -0.15) is 26.3 Å². The zero-order valence-electron chi connectivity index (χ0n) is 18.5. The lowest BCUT2D eigenvalue weighted by atomic mass is 9.81. The third kappa shape index (κ3) is 5.65. The summed E-state index contributed by atoms with van der Waals surface area (Å²) in [7, 11) is 0. The van der Waals surface area contributed by atoms with E-state index < -0.39 is 47.2 Å². The molecule has 1 amide bonds. The maximum atomic E-state index is 13.2. The first-order chi connectivity index (χ1) is 15.7. The molecule has 1 saturated heterocycles. The monoisotopic (exact) mass is 488 g/mol. The van der Waals surface area contributed by atoms with Crippen LogP contribution in [0, 0.1) is 0 Å². The number of nitrogens with zero attached hydrogens (tertiary/aromatic N) is 1. The Labute approximate surface area is 193 Å². The average Bonchev–Trinajstić information content (AvgIpc) is 3.04. The molecule has 0 radical (unpaired) electrons. The minimum Gasteiger partial charge on any atom is -0.465 e. The Balaban J connectivity index is 1.94. The summed E-state index contributed by atoms with van der Waals surface area (Å²) in [4.78, 5) is 13.4. The van der Waals surface area contributed by atoms with Gasteiger partial charge in [-0.05, 0) is 61.4 Å². The molecule has 4 nitrogen and oxygen atoms in total. The summed E-state index contributed by atoms with van der Waals surface area (Å²) in [6, 6.07) is 9.47. The normalized spacial score (nSPS) is 23.4. The van der Waals surface area contributed by atoms with Gasteiger partial charge in [-0.15, -0.1) is 0 Å². The van der Waals surface area contributed by atoms with Gasteiger partial charge in [0.1, 0.15) is 0 Å². The van der Waals surface area contributed by atoms with Crippen LogP contribution >= 0.6 is 0 Å². The number of amides is 1. The van der Waals surface area contributed by atoms with Crippen molar-refractivity contribution in [3.63, 3.8) is 0 Å². The van der Waals surface area contributed by atoms with Crippen molar-refractivity contribution in [2.75, 3.05) is 0 Å². The van der Waals surface area contributed by atoms with Crippen LogP contribution in [0.4, 0.5) is 31.1 Å². The van der Waals surface area contributed by atoms with E-state index in [4.69, 9.17) is 5.73 Å². The smallest absolute Gasteiger partial charge is 0.416 e. The SMILES string of the molecule is CC[C@@H]1CC(N)(CCc2cc(C(F)(F)F)cc(C(F)(F)F)c2)[C@H](Cc2ccccc2)N1C(=O)O. The summed E-state index contributed by atoms with van der Waals surface area (Å²) in [6.07, 6.45) is -10.1. The quantitative estimate of drug-likeness (QED) is 0.481. The van der Waals surface area contributed by atoms with Crippen molar-refractivity contribution in [3.8, 4) is 0 Å². The van der Waals surface area contributed by atoms with Gasteiger partial charge in [0.05, 0.1) is 17.2 Å². The number of rotatable bonds is 6. The highest BCUT2D eigenvalue weighted by molar-refractivity contribution is 5.67. The predicted octanol–water partition coefficient (Wildman–Crippen LogP) is 6.13. The van der Waals surface area contributed by atoms with E-state index >= 15 is 0 Å². The fourth-order valence-corrected chi connectivity index (χ4v) is 4.78. The molecule has 2 aromatic carbocycles. The van der Waals surface area contributed by atoms with Gasteiger partial charge < -0.3 is 15.7 Å². The van der Waals surface area contributed by atoms with Crippen molar-refractivity contribution in [1.82, 2.24) is 4.90 Å². The highest BCUT2D eigenvalue weighted by Gasteiger charge is 2.51. The van der Waals surface area contributed by atoms with E-state index in [-0.39, 0.29) is 37.3 Å². The Kier molecular flexibility index (Phi) is 7.21. The molecule has 1 fully saturated rings. The number of halogens is 6. The topological polar surface area (TPSA) is 66.6 Å². The van der Waals surface area contributed by atoms with Gasteiger partial charge in [0, 0.05) is 11.6 Å². The summed E-state index contributed by atoms with van der Waals surface area (Å²) >= 11 is 0. The molecular formula is C24H26F6N2O2. The van der Waals surface area contributed by atoms with Crippen LogP contribution in [0.2, 0.25) is 0 Å². The number of hydrogen-bond donors (Lipinski definition) is 2. The van der Waals surface area contributed by atoms with Gasteiger partial charge in [-0.1, -0.05) is 37.3 Å². The summed E-state index contributed by atoms with van der Waals surface area (Å²) < 4.78 is 79.4. The number of likely N-dealkylation sites (tertiary alicyclic amines) is 1. The van der Waals surface area contributed by atoms with Gasteiger partial charge in [-0.25, -0.2) is 4.79 Å². The van der Waals surface area contributed by atoms with Crippen LogP contribution in [0.5, 0.6) is 0 Å². The van der Waals surface area contributed by atoms with Crippen molar-refractivity contribution < 1.29 is 36.2 Å². The predicted molar refractivity (Wildman–Crippen MR) is 114 cm³/mol. The molecule has 1 aliphatic heterocycles. The summed E-state index contributed by atoms with van der Waals surface area (Å²) in [5.41, 5.74) is 3.50. The number of benzene rings is 2. The molecule has 0 saturated carbocycles. The van der Waals surface area contributed by atoms with Crippen molar-refractivity contribution in [2.45, 2.75) is 69.0 Å². The molecule has 0 aliphatic carbocycles. The van der Waals surface area contributed by atoms with Crippen LogP contribution in [0.15, 0.2) is 48.5 Å². The van der Waals surface area contributed by atoms with E-state index in [9.17, 15) is 36.2 Å². The first-order valence-corrected chi connectivity index (χ1v) is 10.9. The molecule has 10 heteroatoms. The minimum absolute atomic E-state index is 0.0311. The van der Waals surface area contributed by atoms with E-state index in [1.54, 1.807) is 12.1 Å². The minimum atomic E-state index is -4.94. The molecule has 2 aromatic rings. The molecule has 0 bridgehead atoms. The molecule has 34 heavy (non-hydrogen) atoms. The van der Waals surface area contributed by atoms with Crippen LogP contribution in [0.1, 0.15) is 48.4 Å². The van der Waals surface area contributed by atoms with E-state index in [1.807, 2.05) is 25.1 Å². The van der Waals surface area contributed by atoms with E-state index in [1.165, 1.54) is 4.90 Å². The number of carboxylic acid groups (broad SMARTS) is 1. The lowest BCUT2D eigenvalue weighted by molar-refractivity contribution is -0.143. The fourth-order valence-electron chi connectivity index (χ4n) is 4.78. The Hall–Kier alpha value is -2.75. The first kappa shape index (κ1) is 25.9. The Morgan fingerprint density at radius 3 is 2.06 bits per heavy atom. The van der Waals surface area contributed by atoms with Gasteiger partial charge in [0.25, 0.3) is 0 Å².